The summed E-state index contributed by atoms with van der Waals surface area (Å²) < 4.78 is 5.03. The Kier molecular flexibility index (Phi) is 7.54. The number of nitrogens with one attached hydrogen (secondary N) is 1. The molecule has 0 spiro atoms. The van der Waals surface area contributed by atoms with E-state index < -0.39 is 0 Å². The first kappa shape index (κ1) is 14.9. The maximum absolute atomic E-state index is 11.3. The second-order valence-corrected chi connectivity index (χ2v) is 3.18. The van der Waals surface area contributed by atoms with Crippen LogP contribution >= 0.6 is 12.4 Å². The average molecular weight is 245 g/mol. The minimum atomic E-state index is -0.0685. The number of benzene rings is 1. The number of nitrogens with two attached hydrogens (primary N) is 1. The quantitative estimate of drug-likeness (QED) is 0.826. The number of carbonyl (C=O) groups excluding carboxylic acids is 1. The van der Waals surface area contributed by atoms with Crippen molar-refractivity contribution in [2.24, 2.45) is 5.73 Å². The predicted octanol–water partition coefficient (Wildman–Crippen LogP) is 1.54. The average Bonchev–Trinajstić information content (AvgIpc) is 2.21. The molecule has 0 atom stereocenters. The van der Waals surface area contributed by atoms with Crippen molar-refractivity contribution in [3.05, 3.63) is 29.8 Å². The molecule has 90 valence electrons. The molecule has 0 aliphatic carbocycles. The van der Waals surface area contributed by atoms with Gasteiger partial charge in [-0.25, -0.2) is 0 Å². The summed E-state index contributed by atoms with van der Waals surface area (Å²) in [4.78, 5) is 11.3. The highest BCUT2D eigenvalue weighted by Crippen LogP contribution is 2.15. The van der Waals surface area contributed by atoms with Gasteiger partial charge in [-0.1, -0.05) is 18.2 Å². The molecule has 3 N–H and O–H groups in total. The van der Waals surface area contributed by atoms with E-state index in [0.29, 0.717) is 19.6 Å². The Morgan fingerprint density at radius 1 is 1.44 bits per heavy atom. The van der Waals surface area contributed by atoms with Crippen molar-refractivity contribution < 1.29 is 9.53 Å². The van der Waals surface area contributed by atoms with Crippen LogP contribution in [0, 0.1) is 0 Å². The first-order valence-corrected chi connectivity index (χ1v) is 4.84. The van der Waals surface area contributed by atoms with Gasteiger partial charge in [-0.2, -0.15) is 0 Å². The van der Waals surface area contributed by atoms with E-state index >= 15 is 0 Å². The van der Waals surface area contributed by atoms with E-state index in [2.05, 4.69) is 5.32 Å². The summed E-state index contributed by atoms with van der Waals surface area (Å²) in [5, 5.41) is 2.80. The van der Waals surface area contributed by atoms with Crippen molar-refractivity contribution in [3.63, 3.8) is 0 Å². The molecule has 0 aliphatic rings. The number of anilines is 1. The number of ether oxygens (including phenoxy) is 1. The van der Waals surface area contributed by atoms with Gasteiger partial charge in [0.05, 0.1) is 6.61 Å². The van der Waals surface area contributed by atoms with Crippen LogP contribution in [0.3, 0.4) is 0 Å². The minimum absolute atomic E-state index is 0. The van der Waals surface area contributed by atoms with Gasteiger partial charge in [0.15, 0.2) is 0 Å². The molecule has 0 fully saturated rings. The van der Waals surface area contributed by atoms with E-state index in [1.54, 1.807) is 7.11 Å². The Balaban J connectivity index is 0.00000225. The third-order valence-electron chi connectivity index (χ3n) is 1.96. The minimum Gasteiger partial charge on any atom is -0.380 e. The van der Waals surface area contributed by atoms with Crippen molar-refractivity contribution >= 4 is 24.0 Å². The van der Waals surface area contributed by atoms with Crippen LogP contribution in [0.4, 0.5) is 5.69 Å². The zero-order chi connectivity index (χ0) is 11.1. The van der Waals surface area contributed by atoms with Gasteiger partial charge < -0.3 is 15.8 Å². The molecular formula is C11H17ClN2O2. The maximum atomic E-state index is 11.3. The molecule has 0 aromatic heterocycles. The molecule has 0 heterocycles. The second kappa shape index (κ2) is 8.10. The molecule has 0 unspecified atom stereocenters. The summed E-state index contributed by atoms with van der Waals surface area (Å²) in [6, 6.07) is 7.55. The monoisotopic (exact) mass is 244 g/mol. The highest BCUT2D eigenvalue weighted by atomic mass is 35.5. The van der Waals surface area contributed by atoms with Gasteiger partial charge in [-0.05, 0) is 6.07 Å². The molecule has 5 heteroatoms. The molecule has 16 heavy (non-hydrogen) atoms. The lowest BCUT2D eigenvalue weighted by Crippen LogP contribution is -2.17. The molecule has 0 saturated heterocycles. The summed E-state index contributed by atoms with van der Waals surface area (Å²) in [5.74, 6) is -0.0685. The number of carbonyl (C=O) groups is 1. The molecule has 0 aliphatic heterocycles. The van der Waals surface area contributed by atoms with Gasteiger partial charge in [-0.3, -0.25) is 4.79 Å². The Labute approximate surface area is 102 Å². The van der Waals surface area contributed by atoms with E-state index in [0.717, 1.165) is 11.3 Å². The van der Waals surface area contributed by atoms with Crippen LogP contribution in [0.1, 0.15) is 12.0 Å². The zero-order valence-electron chi connectivity index (χ0n) is 9.23. The van der Waals surface area contributed by atoms with Crippen LogP contribution in [-0.2, 0) is 16.1 Å². The molecule has 1 amide bonds. The van der Waals surface area contributed by atoms with Gasteiger partial charge in [0.1, 0.15) is 0 Å². The number of hydrogen-bond acceptors (Lipinski definition) is 3. The van der Waals surface area contributed by atoms with E-state index in [4.69, 9.17) is 10.5 Å². The van der Waals surface area contributed by atoms with Gasteiger partial charge in [0.25, 0.3) is 0 Å². The molecule has 1 aromatic carbocycles. The van der Waals surface area contributed by atoms with Crippen LogP contribution in [0.5, 0.6) is 0 Å². The third-order valence-corrected chi connectivity index (χ3v) is 1.96. The van der Waals surface area contributed by atoms with E-state index in [9.17, 15) is 4.79 Å². The van der Waals surface area contributed by atoms with Crippen LogP contribution in [0.2, 0.25) is 0 Å². The first-order chi connectivity index (χ1) is 7.27. The highest BCUT2D eigenvalue weighted by molar-refractivity contribution is 5.91. The Morgan fingerprint density at radius 3 is 2.75 bits per heavy atom. The number of para-hydroxylation sites is 1. The SMILES string of the molecule is COCc1ccccc1NC(=O)CCN.Cl. The van der Waals surface area contributed by atoms with Crippen molar-refractivity contribution in [3.8, 4) is 0 Å². The van der Waals surface area contributed by atoms with E-state index in [-0.39, 0.29) is 18.3 Å². The normalized spacial score (nSPS) is 9.38. The summed E-state index contributed by atoms with van der Waals surface area (Å²) in [7, 11) is 1.62. The van der Waals surface area contributed by atoms with E-state index in [1.807, 2.05) is 24.3 Å². The maximum Gasteiger partial charge on any atom is 0.225 e. The number of amides is 1. The molecule has 0 saturated carbocycles. The van der Waals surface area contributed by atoms with Crippen LogP contribution in [0.25, 0.3) is 0 Å². The fourth-order valence-corrected chi connectivity index (χ4v) is 1.27. The fraction of sp³-hybridized carbons (Fsp3) is 0.364. The molecular weight excluding hydrogens is 228 g/mol. The van der Waals surface area contributed by atoms with Crippen LogP contribution < -0.4 is 11.1 Å². The summed E-state index contributed by atoms with van der Waals surface area (Å²) >= 11 is 0. The Morgan fingerprint density at radius 2 is 2.12 bits per heavy atom. The van der Waals surface area contributed by atoms with Crippen molar-refractivity contribution in [1.82, 2.24) is 0 Å². The second-order valence-electron chi connectivity index (χ2n) is 3.18. The lowest BCUT2D eigenvalue weighted by atomic mass is 10.2. The van der Waals surface area contributed by atoms with Crippen LogP contribution in [0.15, 0.2) is 24.3 Å². The van der Waals surface area contributed by atoms with Crippen molar-refractivity contribution in [1.29, 1.82) is 0 Å². The largest absolute Gasteiger partial charge is 0.380 e. The predicted molar refractivity (Wildman–Crippen MR) is 66.7 cm³/mol. The number of methoxy groups -OCH3 is 1. The third kappa shape index (κ3) is 4.61. The fourth-order valence-electron chi connectivity index (χ4n) is 1.27. The van der Waals surface area contributed by atoms with Gasteiger partial charge >= 0.3 is 0 Å². The Hall–Kier alpha value is -1.10. The summed E-state index contributed by atoms with van der Waals surface area (Å²) in [6.45, 7) is 0.845. The number of halogens is 1. The van der Waals surface area contributed by atoms with Gasteiger partial charge in [0, 0.05) is 31.3 Å². The topological polar surface area (TPSA) is 64.3 Å². The zero-order valence-corrected chi connectivity index (χ0v) is 10.0. The number of rotatable bonds is 5. The Bertz CT molecular complexity index is 332. The van der Waals surface area contributed by atoms with Crippen molar-refractivity contribution in [2.75, 3.05) is 19.0 Å². The van der Waals surface area contributed by atoms with Gasteiger partial charge in [0.2, 0.25) is 5.91 Å². The summed E-state index contributed by atoms with van der Waals surface area (Å²) in [6.07, 6.45) is 0.335. The van der Waals surface area contributed by atoms with Gasteiger partial charge in [-0.15, -0.1) is 12.4 Å². The molecule has 0 radical (unpaired) electrons. The standard InChI is InChI=1S/C11H16N2O2.ClH/c1-15-8-9-4-2-3-5-10(9)13-11(14)6-7-12;/h2-5H,6-8,12H2,1H3,(H,13,14);1H. The van der Waals surface area contributed by atoms with Crippen LogP contribution in [-0.4, -0.2) is 19.6 Å². The van der Waals surface area contributed by atoms with Crippen molar-refractivity contribution in [2.45, 2.75) is 13.0 Å². The first-order valence-electron chi connectivity index (χ1n) is 4.84. The summed E-state index contributed by atoms with van der Waals surface area (Å²) in [5.41, 5.74) is 7.05. The lowest BCUT2D eigenvalue weighted by Gasteiger charge is -2.09. The molecule has 4 nitrogen and oxygen atoms in total. The van der Waals surface area contributed by atoms with E-state index in [1.165, 1.54) is 0 Å². The smallest absolute Gasteiger partial charge is 0.225 e. The number of hydrogen-bond donors (Lipinski definition) is 2. The molecule has 0 bridgehead atoms. The lowest BCUT2D eigenvalue weighted by molar-refractivity contribution is -0.116. The highest BCUT2D eigenvalue weighted by Gasteiger charge is 2.04. The molecule has 1 rings (SSSR count). The molecule has 1 aromatic rings.